The smallest absolute Gasteiger partial charge is 0.226 e. The van der Waals surface area contributed by atoms with Crippen molar-refractivity contribution in [1.29, 1.82) is 0 Å². The van der Waals surface area contributed by atoms with Gasteiger partial charge in [-0.05, 0) is 35.6 Å². The third-order valence-electron chi connectivity index (χ3n) is 4.88. The minimum Gasteiger partial charge on any atom is -0.370 e. The summed E-state index contributed by atoms with van der Waals surface area (Å²) in [7, 11) is 1.89. The van der Waals surface area contributed by atoms with E-state index in [1.165, 1.54) is 12.1 Å². The summed E-state index contributed by atoms with van der Waals surface area (Å²) in [6.45, 7) is 1.66. The van der Waals surface area contributed by atoms with Gasteiger partial charge in [-0.25, -0.2) is 4.39 Å². The van der Waals surface area contributed by atoms with Crippen LogP contribution < -0.4 is 0 Å². The van der Waals surface area contributed by atoms with Crippen LogP contribution in [0.3, 0.4) is 0 Å². The lowest BCUT2D eigenvalue weighted by atomic mass is 10.1. The maximum Gasteiger partial charge on any atom is 0.226 e. The summed E-state index contributed by atoms with van der Waals surface area (Å²) >= 11 is 0. The normalized spacial score (nSPS) is 26.4. The van der Waals surface area contributed by atoms with Gasteiger partial charge in [0.25, 0.3) is 0 Å². The lowest BCUT2D eigenvalue weighted by Gasteiger charge is -2.33. The van der Waals surface area contributed by atoms with Crippen molar-refractivity contribution >= 4 is 5.91 Å². The maximum atomic E-state index is 13.1. The van der Waals surface area contributed by atoms with E-state index in [-0.39, 0.29) is 23.7 Å². The number of carbonyl (C=O) groups is 1. The van der Waals surface area contributed by atoms with Gasteiger partial charge in [0, 0.05) is 25.7 Å². The van der Waals surface area contributed by atoms with Gasteiger partial charge in [0.15, 0.2) is 0 Å². The number of hydrogen-bond donors (Lipinski definition) is 0. The molecule has 1 aliphatic carbocycles. The maximum absolute atomic E-state index is 13.1. The van der Waals surface area contributed by atoms with E-state index in [0.29, 0.717) is 25.6 Å². The number of nitrogens with zero attached hydrogens (tertiary/aromatic N) is 3. The Morgan fingerprint density at radius 1 is 1.29 bits per heavy atom. The summed E-state index contributed by atoms with van der Waals surface area (Å²) in [5.74, 6) is 0.276. The lowest BCUT2D eigenvalue weighted by molar-refractivity contribution is -0.140. The Morgan fingerprint density at radius 3 is 2.79 bits per heavy atom. The predicted octanol–water partition coefficient (Wildman–Crippen LogP) is 2.26. The standard InChI is InChI=1S/C18H20FN3O2/c1-21-10-13(9-20-21)15-8-16(15)18(23)22-6-7-24-17(11-22)12-2-4-14(19)5-3-12/h2-5,9-10,15-17H,6-8,11H2,1H3/t15-,16+,17-/m0/s1. The second-order valence-corrected chi connectivity index (χ2v) is 6.59. The first-order valence-corrected chi connectivity index (χ1v) is 8.26. The van der Waals surface area contributed by atoms with Crippen LogP contribution in [0.2, 0.25) is 0 Å². The Labute approximate surface area is 140 Å². The number of halogens is 1. The second-order valence-electron chi connectivity index (χ2n) is 6.59. The quantitative estimate of drug-likeness (QED) is 0.868. The Morgan fingerprint density at radius 2 is 2.08 bits per heavy atom. The molecule has 2 aliphatic rings. The van der Waals surface area contributed by atoms with Gasteiger partial charge in [-0.15, -0.1) is 0 Å². The van der Waals surface area contributed by atoms with Crippen LogP contribution in [0, 0.1) is 11.7 Å². The zero-order valence-electron chi connectivity index (χ0n) is 13.6. The van der Waals surface area contributed by atoms with Crippen LogP contribution in [0.4, 0.5) is 4.39 Å². The van der Waals surface area contributed by atoms with Crippen LogP contribution >= 0.6 is 0 Å². The van der Waals surface area contributed by atoms with Gasteiger partial charge in [-0.3, -0.25) is 9.48 Å². The van der Waals surface area contributed by atoms with Crippen LogP contribution in [-0.4, -0.2) is 40.3 Å². The molecule has 2 aromatic rings. The molecule has 1 aromatic carbocycles. The fourth-order valence-corrected chi connectivity index (χ4v) is 3.43. The summed E-state index contributed by atoms with van der Waals surface area (Å²) in [4.78, 5) is 14.7. The number of hydrogen-bond acceptors (Lipinski definition) is 3. The molecule has 1 amide bonds. The van der Waals surface area contributed by atoms with Gasteiger partial charge in [0.2, 0.25) is 5.91 Å². The largest absolute Gasteiger partial charge is 0.370 e. The Kier molecular flexibility index (Phi) is 3.84. The predicted molar refractivity (Wildman–Crippen MR) is 85.7 cm³/mol. The van der Waals surface area contributed by atoms with Crippen molar-refractivity contribution in [3.05, 3.63) is 53.6 Å². The van der Waals surface area contributed by atoms with Crippen molar-refractivity contribution in [2.45, 2.75) is 18.4 Å². The summed E-state index contributed by atoms with van der Waals surface area (Å²) in [5.41, 5.74) is 2.05. The zero-order chi connectivity index (χ0) is 16.7. The third-order valence-corrected chi connectivity index (χ3v) is 4.88. The molecule has 0 N–H and O–H groups in total. The van der Waals surface area contributed by atoms with Gasteiger partial charge >= 0.3 is 0 Å². The molecule has 2 fully saturated rings. The fraction of sp³-hybridized carbons (Fsp3) is 0.444. The number of amides is 1. The van der Waals surface area contributed by atoms with Crippen molar-refractivity contribution in [3.63, 3.8) is 0 Å². The van der Waals surface area contributed by atoms with E-state index in [1.54, 1.807) is 16.8 Å². The molecule has 0 bridgehead atoms. The number of aryl methyl sites for hydroxylation is 1. The molecule has 5 nitrogen and oxygen atoms in total. The molecule has 126 valence electrons. The first-order valence-electron chi connectivity index (χ1n) is 8.26. The highest BCUT2D eigenvalue weighted by Crippen LogP contribution is 2.48. The van der Waals surface area contributed by atoms with Crippen LogP contribution in [0.15, 0.2) is 36.7 Å². The summed E-state index contributed by atoms with van der Waals surface area (Å²) in [6, 6.07) is 6.31. The van der Waals surface area contributed by atoms with Crippen molar-refractivity contribution in [2.75, 3.05) is 19.7 Å². The van der Waals surface area contributed by atoms with Crippen LogP contribution in [0.5, 0.6) is 0 Å². The molecule has 4 rings (SSSR count). The van der Waals surface area contributed by atoms with Crippen molar-refractivity contribution < 1.29 is 13.9 Å². The number of morpholine rings is 1. The van der Waals surface area contributed by atoms with Crippen LogP contribution in [0.25, 0.3) is 0 Å². The van der Waals surface area contributed by atoms with Gasteiger partial charge in [-0.2, -0.15) is 5.10 Å². The van der Waals surface area contributed by atoms with Crippen LogP contribution in [-0.2, 0) is 16.6 Å². The summed E-state index contributed by atoms with van der Waals surface area (Å²) in [5, 5.41) is 4.18. The highest BCUT2D eigenvalue weighted by molar-refractivity contribution is 5.83. The van der Waals surface area contributed by atoms with Gasteiger partial charge in [0.05, 0.1) is 19.3 Å². The van der Waals surface area contributed by atoms with Crippen molar-refractivity contribution in [2.24, 2.45) is 13.0 Å². The van der Waals surface area contributed by atoms with Gasteiger partial charge < -0.3 is 9.64 Å². The summed E-state index contributed by atoms with van der Waals surface area (Å²) in [6.07, 6.45) is 4.54. The second kappa shape index (κ2) is 6.02. The van der Waals surface area contributed by atoms with Crippen molar-refractivity contribution in [3.8, 4) is 0 Å². The average molecular weight is 329 g/mol. The molecule has 6 heteroatoms. The van der Waals surface area contributed by atoms with Gasteiger partial charge in [-0.1, -0.05) is 12.1 Å². The molecule has 2 heterocycles. The number of aromatic nitrogens is 2. The zero-order valence-corrected chi connectivity index (χ0v) is 13.6. The molecule has 1 aliphatic heterocycles. The highest BCUT2D eigenvalue weighted by Gasteiger charge is 2.47. The molecule has 24 heavy (non-hydrogen) atoms. The van der Waals surface area contributed by atoms with E-state index in [9.17, 15) is 9.18 Å². The van der Waals surface area contributed by atoms with E-state index in [0.717, 1.165) is 17.5 Å². The Balaban J connectivity index is 1.41. The monoisotopic (exact) mass is 329 g/mol. The number of benzene rings is 1. The fourth-order valence-electron chi connectivity index (χ4n) is 3.43. The number of ether oxygens (including phenoxy) is 1. The molecule has 3 atom stereocenters. The minimum absolute atomic E-state index is 0.0566. The van der Waals surface area contributed by atoms with Gasteiger partial charge in [0.1, 0.15) is 11.9 Å². The number of carbonyl (C=O) groups excluding carboxylic acids is 1. The van der Waals surface area contributed by atoms with E-state index in [2.05, 4.69) is 5.10 Å². The average Bonchev–Trinajstić information content (AvgIpc) is 3.29. The lowest BCUT2D eigenvalue weighted by Crippen LogP contribution is -2.43. The minimum atomic E-state index is -0.264. The van der Waals surface area contributed by atoms with E-state index >= 15 is 0 Å². The first kappa shape index (κ1) is 15.3. The van der Waals surface area contributed by atoms with E-state index in [4.69, 9.17) is 4.74 Å². The van der Waals surface area contributed by atoms with E-state index in [1.807, 2.05) is 24.3 Å². The number of rotatable bonds is 3. The van der Waals surface area contributed by atoms with Crippen LogP contribution in [0.1, 0.15) is 29.6 Å². The van der Waals surface area contributed by atoms with Crippen molar-refractivity contribution in [1.82, 2.24) is 14.7 Å². The molecular weight excluding hydrogens is 309 g/mol. The Hall–Kier alpha value is -2.21. The first-order chi connectivity index (χ1) is 11.6. The SMILES string of the molecule is Cn1cc([C@@H]2C[C@H]2C(=O)N2CCO[C@H](c3ccc(F)cc3)C2)cn1. The van der Waals surface area contributed by atoms with E-state index < -0.39 is 0 Å². The molecule has 1 saturated heterocycles. The Bertz CT molecular complexity index is 743. The molecule has 1 aromatic heterocycles. The molecule has 0 radical (unpaired) electrons. The highest BCUT2D eigenvalue weighted by atomic mass is 19.1. The molecular formula is C18H20FN3O2. The molecule has 0 unspecified atom stereocenters. The summed E-state index contributed by atoms with van der Waals surface area (Å²) < 4.78 is 20.6. The molecule has 0 spiro atoms. The third kappa shape index (κ3) is 2.94. The molecule has 1 saturated carbocycles. The topological polar surface area (TPSA) is 47.4 Å².